The van der Waals surface area contributed by atoms with Gasteiger partial charge < -0.3 is 20.1 Å². The molecule has 0 aliphatic carbocycles. The molecule has 7 nitrogen and oxygen atoms in total. The van der Waals surface area contributed by atoms with Gasteiger partial charge in [0.1, 0.15) is 12.3 Å². The van der Waals surface area contributed by atoms with Crippen LogP contribution in [0.3, 0.4) is 0 Å². The van der Waals surface area contributed by atoms with Gasteiger partial charge in [-0.05, 0) is 54.8 Å². The minimum Gasteiger partial charge on any atom is -0.497 e. The summed E-state index contributed by atoms with van der Waals surface area (Å²) in [7, 11) is 1.53. The highest BCUT2D eigenvalue weighted by molar-refractivity contribution is 5.97. The number of rotatable bonds is 8. The number of carbonyl (C=O) groups excluding carboxylic acids is 3. The third-order valence-corrected chi connectivity index (χ3v) is 4.27. The first kappa shape index (κ1) is 21.9. The fourth-order valence-electron chi connectivity index (χ4n) is 2.48. The fraction of sp³-hybridized carbons (Fsp3) is 0.318. The molecule has 0 aliphatic heterocycles. The molecule has 7 heteroatoms. The zero-order chi connectivity index (χ0) is 21.4. The van der Waals surface area contributed by atoms with E-state index in [0.29, 0.717) is 22.9 Å². The zero-order valence-electron chi connectivity index (χ0n) is 17.0. The second kappa shape index (κ2) is 10.3. The summed E-state index contributed by atoms with van der Waals surface area (Å²) in [5.74, 6) is -0.554. The molecule has 2 N–H and O–H groups in total. The van der Waals surface area contributed by atoms with Gasteiger partial charge in [0, 0.05) is 11.3 Å². The van der Waals surface area contributed by atoms with Crippen LogP contribution in [0.15, 0.2) is 48.5 Å². The third kappa shape index (κ3) is 6.64. The normalized spacial score (nSPS) is 11.5. The molecule has 2 aromatic carbocycles. The minimum atomic E-state index is -0.995. The summed E-state index contributed by atoms with van der Waals surface area (Å²) in [6, 6.07) is 13.9. The Kier molecular flexibility index (Phi) is 7.77. The third-order valence-electron chi connectivity index (χ3n) is 4.27. The highest BCUT2D eigenvalue weighted by Crippen LogP contribution is 2.17. The largest absolute Gasteiger partial charge is 0.497 e. The van der Waals surface area contributed by atoms with Crippen LogP contribution in [0, 0.1) is 0 Å². The molecule has 0 aliphatic rings. The van der Waals surface area contributed by atoms with Gasteiger partial charge in [0.15, 0.2) is 6.10 Å². The summed E-state index contributed by atoms with van der Waals surface area (Å²) in [6.45, 7) is 5.30. The summed E-state index contributed by atoms with van der Waals surface area (Å²) in [5.41, 5.74) is 2.17. The number of hydrogen-bond acceptors (Lipinski definition) is 5. The molecule has 29 heavy (non-hydrogen) atoms. The Morgan fingerprint density at radius 1 is 0.931 bits per heavy atom. The van der Waals surface area contributed by atoms with E-state index in [-0.39, 0.29) is 6.54 Å². The molecular weight excluding hydrogens is 372 g/mol. The summed E-state index contributed by atoms with van der Waals surface area (Å²) in [6.07, 6.45) is -0.995. The van der Waals surface area contributed by atoms with Gasteiger partial charge in [-0.15, -0.1) is 0 Å². The molecule has 0 unspecified atom stereocenters. The van der Waals surface area contributed by atoms with Gasteiger partial charge in [-0.2, -0.15) is 0 Å². The molecule has 0 saturated carbocycles. The van der Waals surface area contributed by atoms with Gasteiger partial charge in [-0.1, -0.05) is 26.0 Å². The summed E-state index contributed by atoms with van der Waals surface area (Å²) < 4.78 is 10.1. The van der Waals surface area contributed by atoms with E-state index in [4.69, 9.17) is 9.47 Å². The van der Waals surface area contributed by atoms with Crippen LogP contribution in [0.4, 0.5) is 5.69 Å². The lowest BCUT2D eigenvalue weighted by Crippen LogP contribution is -2.35. The van der Waals surface area contributed by atoms with Crippen molar-refractivity contribution in [3.63, 3.8) is 0 Å². The van der Waals surface area contributed by atoms with Crippen molar-refractivity contribution in [2.75, 3.05) is 19.0 Å². The number of benzene rings is 2. The smallest absolute Gasteiger partial charge is 0.326 e. The molecule has 0 aromatic heterocycles. The Bertz CT molecular complexity index is 845. The topological polar surface area (TPSA) is 93.7 Å². The molecule has 154 valence electrons. The number of carbonyl (C=O) groups is 3. The number of anilines is 1. The van der Waals surface area contributed by atoms with Crippen molar-refractivity contribution in [1.29, 1.82) is 0 Å². The number of methoxy groups -OCH3 is 1. The van der Waals surface area contributed by atoms with Crippen LogP contribution < -0.4 is 15.4 Å². The first-order valence-corrected chi connectivity index (χ1v) is 9.32. The van der Waals surface area contributed by atoms with Crippen LogP contribution in [-0.2, 0) is 14.3 Å². The average Bonchev–Trinajstić information content (AvgIpc) is 2.72. The Balaban J connectivity index is 1.79. The first-order chi connectivity index (χ1) is 13.8. The molecule has 0 fully saturated rings. The van der Waals surface area contributed by atoms with Gasteiger partial charge in [0.2, 0.25) is 0 Å². The Hall–Kier alpha value is -3.35. The van der Waals surface area contributed by atoms with Crippen molar-refractivity contribution in [2.24, 2.45) is 0 Å². The van der Waals surface area contributed by atoms with E-state index in [1.807, 2.05) is 12.1 Å². The maximum Gasteiger partial charge on any atom is 0.326 e. The van der Waals surface area contributed by atoms with Crippen LogP contribution in [0.1, 0.15) is 42.6 Å². The SMILES string of the molecule is COc1ccc(C(=O)NCC(=O)O[C@@H](C)C(=O)Nc2ccc(C(C)C)cc2)cc1. The Morgan fingerprint density at radius 3 is 2.10 bits per heavy atom. The molecule has 1 atom stereocenters. The van der Waals surface area contributed by atoms with Crippen molar-refractivity contribution in [1.82, 2.24) is 5.32 Å². The lowest BCUT2D eigenvalue weighted by Gasteiger charge is -2.14. The van der Waals surface area contributed by atoms with Crippen molar-refractivity contribution in [3.8, 4) is 5.75 Å². The van der Waals surface area contributed by atoms with E-state index in [0.717, 1.165) is 5.56 Å². The molecule has 0 spiro atoms. The Labute approximate surface area is 170 Å². The minimum absolute atomic E-state index is 0.342. The second-order valence-electron chi connectivity index (χ2n) is 6.81. The summed E-state index contributed by atoms with van der Waals surface area (Å²) in [5, 5.41) is 5.16. The van der Waals surface area contributed by atoms with E-state index < -0.39 is 23.9 Å². The quantitative estimate of drug-likeness (QED) is 0.667. The van der Waals surface area contributed by atoms with Crippen molar-refractivity contribution in [3.05, 3.63) is 59.7 Å². The van der Waals surface area contributed by atoms with E-state index in [1.54, 1.807) is 36.4 Å². The lowest BCUT2D eigenvalue weighted by molar-refractivity contribution is -0.152. The summed E-state index contributed by atoms with van der Waals surface area (Å²) in [4.78, 5) is 36.2. The molecular formula is C22H26N2O5. The number of amides is 2. The molecule has 0 bridgehead atoms. The molecule has 0 heterocycles. The standard InChI is InChI=1S/C22H26N2O5/c1-14(2)16-5-9-18(10-6-16)24-21(26)15(3)29-20(25)13-23-22(27)17-7-11-19(28-4)12-8-17/h5-12,14-15H,13H2,1-4H3,(H,23,27)(H,24,26)/t15-/m0/s1. The number of ether oxygens (including phenoxy) is 2. The highest BCUT2D eigenvalue weighted by atomic mass is 16.5. The molecule has 2 amide bonds. The van der Waals surface area contributed by atoms with E-state index in [1.165, 1.54) is 14.0 Å². The predicted octanol–water partition coefficient (Wildman–Crippen LogP) is 3.12. The fourth-order valence-corrected chi connectivity index (χ4v) is 2.48. The molecule has 2 rings (SSSR count). The van der Waals surface area contributed by atoms with Gasteiger partial charge in [-0.25, -0.2) is 0 Å². The van der Waals surface area contributed by atoms with Crippen molar-refractivity contribution >= 4 is 23.5 Å². The molecule has 0 saturated heterocycles. The van der Waals surface area contributed by atoms with Crippen LogP contribution in [0.25, 0.3) is 0 Å². The number of nitrogens with one attached hydrogen (secondary N) is 2. The van der Waals surface area contributed by atoms with Gasteiger partial charge in [0.25, 0.3) is 11.8 Å². The maximum absolute atomic E-state index is 12.2. The monoisotopic (exact) mass is 398 g/mol. The highest BCUT2D eigenvalue weighted by Gasteiger charge is 2.18. The van der Waals surface area contributed by atoms with E-state index >= 15 is 0 Å². The Morgan fingerprint density at radius 2 is 1.55 bits per heavy atom. The van der Waals surface area contributed by atoms with Crippen molar-refractivity contribution < 1.29 is 23.9 Å². The number of esters is 1. The lowest BCUT2D eigenvalue weighted by atomic mass is 10.0. The van der Waals surface area contributed by atoms with Crippen LogP contribution in [-0.4, -0.2) is 37.5 Å². The summed E-state index contributed by atoms with van der Waals surface area (Å²) >= 11 is 0. The van der Waals surface area contributed by atoms with Crippen LogP contribution >= 0.6 is 0 Å². The first-order valence-electron chi connectivity index (χ1n) is 9.32. The maximum atomic E-state index is 12.2. The molecule has 0 radical (unpaired) electrons. The second-order valence-corrected chi connectivity index (χ2v) is 6.81. The average molecular weight is 398 g/mol. The van der Waals surface area contributed by atoms with E-state index in [2.05, 4.69) is 24.5 Å². The molecule has 2 aromatic rings. The zero-order valence-corrected chi connectivity index (χ0v) is 17.0. The van der Waals surface area contributed by atoms with E-state index in [9.17, 15) is 14.4 Å². The van der Waals surface area contributed by atoms with Gasteiger partial charge >= 0.3 is 5.97 Å². The predicted molar refractivity (Wildman–Crippen MR) is 110 cm³/mol. The van der Waals surface area contributed by atoms with Gasteiger partial charge in [-0.3, -0.25) is 14.4 Å². The van der Waals surface area contributed by atoms with Crippen LogP contribution in [0.2, 0.25) is 0 Å². The van der Waals surface area contributed by atoms with Gasteiger partial charge in [0.05, 0.1) is 7.11 Å². The van der Waals surface area contributed by atoms with Crippen LogP contribution in [0.5, 0.6) is 5.75 Å². The van der Waals surface area contributed by atoms with Crippen molar-refractivity contribution in [2.45, 2.75) is 32.8 Å². The number of hydrogen-bond donors (Lipinski definition) is 2.